The topological polar surface area (TPSA) is 77.9 Å². The van der Waals surface area contributed by atoms with Gasteiger partial charge in [0, 0.05) is 18.2 Å². The highest BCUT2D eigenvalue weighted by atomic mass is 16.5. The number of pyridine rings is 1. The van der Waals surface area contributed by atoms with E-state index in [2.05, 4.69) is 4.98 Å². The Morgan fingerprint density at radius 1 is 1.07 bits per heavy atom. The number of aryl methyl sites for hydroxylation is 1. The number of ether oxygens (including phenoxy) is 3. The number of phenolic OH excluding ortho intramolecular Hbond substituents is 1. The van der Waals surface area contributed by atoms with Gasteiger partial charge in [0.05, 0.1) is 13.3 Å². The Bertz CT molecular complexity index is 927. The minimum absolute atomic E-state index is 0.0508. The molecule has 0 aliphatic carbocycles. The number of hydrogen-bond donors (Lipinski definition) is 1. The first-order valence-electron chi connectivity index (χ1n) is 8.83. The molecule has 0 fully saturated rings. The molecule has 0 saturated carbocycles. The zero-order valence-electron chi connectivity index (χ0n) is 15.5. The number of aromatic nitrogens is 1. The third kappa shape index (κ3) is 5.23. The Kier molecular flexibility index (Phi) is 6.46. The van der Waals surface area contributed by atoms with Gasteiger partial charge in [0.25, 0.3) is 0 Å². The van der Waals surface area contributed by atoms with Gasteiger partial charge in [-0.25, -0.2) is 0 Å². The summed E-state index contributed by atoms with van der Waals surface area (Å²) < 4.78 is 16.2. The van der Waals surface area contributed by atoms with Crippen molar-refractivity contribution >= 4 is 5.97 Å². The molecule has 3 aromatic rings. The normalized spacial score (nSPS) is 10.3. The molecule has 144 valence electrons. The molecule has 0 saturated heterocycles. The summed E-state index contributed by atoms with van der Waals surface area (Å²) in [6.07, 6.45) is 3.96. The van der Waals surface area contributed by atoms with Crippen molar-refractivity contribution in [2.24, 2.45) is 0 Å². The molecule has 0 aliphatic heterocycles. The predicted molar refractivity (Wildman–Crippen MR) is 104 cm³/mol. The molecule has 1 heterocycles. The van der Waals surface area contributed by atoms with Gasteiger partial charge in [0.15, 0.2) is 11.5 Å². The Morgan fingerprint density at radius 2 is 1.93 bits per heavy atom. The zero-order chi connectivity index (χ0) is 19.8. The molecule has 0 atom stereocenters. The number of carbonyl (C=O) groups excluding carboxylic acids is 1. The van der Waals surface area contributed by atoms with Crippen LogP contribution >= 0.6 is 0 Å². The highest BCUT2D eigenvalue weighted by Crippen LogP contribution is 2.27. The maximum Gasteiger partial charge on any atom is 0.306 e. The van der Waals surface area contributed by atoms with E-state index in [4.69, 9.17) is 14.2 Å². The smallest absolute Gasteiger partial charge is 0.306 e. The van der Waals surface area contributed by atoms with Crippen LogP contribution in [0.25, 0.3) is 0 Å². The van der Waals surface area contributed by atoms with Gasteiger partial charge in [0.2, 0.25) is 0 Å². The quantitative estimate of drug-likeness (QED) is 0.589. The van der Waals surface area contributed by atoms with Crippen molar-refractivity contribution in [1.82, 2.24) is 4.98 Å². The van der Waals surface area contributed by atoms with Crippen LogP contribution in [0.1, 0.15) is 17.5 Å². The number of carbonyl (C=O) groups is 1. The van der Waals surface area contributed by atoms with Crippen molar-refractivity contribution in [2.75, 3.05) is 7.11 Å². The average Bonchev–Trinajstić information content (AvgIpc) is 2.72. The largest absolute Gasteiger partial charge is 0.504 e. The number of benzene rings is 2. The summed E-state index contributed by atoms with van der Waals surface area (Å²) in [5.41, 5.74) is 1.59. The molecule has 0 unspecified atom stereocenters. The Morgan fingerprint density at radius 3 is 2.68 bits per heavy atom. The number of aromatic hydroxyl groups is 1. The highest BCUT2D eigenvalue weighted by molar-refractivity contribution is 5.69. The minimum atomic E-state index is -0.327. The van der Waals surface area contributed by atoms with Gasteiger partial charge in [0.1, 0.15) is 18.1 Å². The molecular formula is C22H21NO5. The summed E-state index contributed by atoms with van der Waals surface area (Å²) in [5, 5.41) is 9.80. The fraction of sp³-hybridized carbons (Fsp3) is 0.182. The lowest BCUT2D eigenvalue weighted by atomic mass is 10.1. The number of phenols is 1. The molecule has 0 aliphatic rings. The van der Waals surface area contributed by atoms with Gasteiger partial charge in [-0.2, -0.15) is 0 Å². The molecule has 3 rings (SSSR count). The van der Waals surface area contributed by atoms with Crippen LogP contribution < -0.4 is 9.47 Å². The zero-order valence-corrected chi connectivity index (χ0v) is 15.5. The summed E-state index contributed by atoms with van der Waals surface area (Å²) in [6, 6.07) is 16.0. The maximum absolute atomic E-state index is 12.1. The van der Waals surface area contributed by atoms with Crippen molar-refractivity contribution in [3.05, 3.63) is 78.1 Å². The van der Waals surface area contributed by atoms with Gasteiger partial charge < -0.3 is 19.3 Å². The fourth-order valence-corrected chi connectivity index (χ4v) is 2.62. The van der Waals surface area contributed by atoms with E-state index in [1.54, 1.807) is 36.7 Å². The second-order valence-corrected chi connectivity index (χ2v) is 6.07. The third-order valence-corrected chi connectivity index (χ3v) is 4.08. The predicted octanol–water partition coefficient (Wildman–Crippen LogP) is 4.26. The van der Waals surface area contributed by atoms with E-state index in [0.29, 0.717) is 23.7 Å². The summed E-state index contributed by atoms with van der Waals surface area (Å²) in [4.78, 5) is 16.1. The lowest BCUT2D eigenvalue weighted by molar-refractivity contribution is -0.144. The van der Waals surface area contributed by atoms with Crippen molar-refractivity contribution in [2.45, 2.75) is 19.4 Å². The van der Waals surface area contributed by atoms with E-state index in [1.165, 1.54) is 7.11 Å². The van der Waals surface area contributed by atoms with E-state index < -0.39 is 0 Å². The number of para-hydroxylation sites is 1. The SMILES string of the molecule is COc1ccc(CCC(=O)OCc2ccccc2Oc2cccnc2)cc1O. The van der Waals surface area contributed by atoms with Crippen LogP contribution in [-0.4, -0.2) is 23.2 Å². The van der Waals surface area contributed by atoms with E-state index in [-0.39, 0.29) is 24.7 Å². The molecule has 6 heteroatoms. The number of esters is 1. The van der Waals surface area contributed by atoms with Crippen LogP contribution in [0.4, 0.5) is 0 Å². The molecule has 0 radical (unpaired) electrons. The first-order chi connectivity index (χ1) is 13.7. The number of rotatable bonds is 8. The lowest BCUT2D eigenvalue weighted by Gasteiger charge is -2.11. The van der Waals surface area contributed by atoms with E-state index in [1.807, 2.05) is 30.3 Å². The maximum atomic E-state index is 12.1. The van der Waals surface area contributed by atoms with Crippen LogP contribution in [-0.2, 0) is 22.6 Å². The molecule has 0 bridgehead atoms. The van der Waals surface area contributed by atoms with Crippen LogP contribution in [0, 0.1) is 0 Å². The lowest BCUT2D eigenvalue weighted by Crippen LogP contribution is -2.06. The van der Waals surface area contributed by atoms with E-state index in [9.17, 15) is 9.90 Å². The van der Waals surface area contributed by atoms with Gasteiger partial charge in [-0.15, -0.1) is 0 Å². The van der Waals surface area contributed by atoms with Gasteiger partial charge in [-0.3, -0.25) is 9.78 Å². The van der Waals surface area contributed by atoms with Crippen LogP contribution in [0.3, 0.4) is 0 Å². The first-order valence-corrected chi connectivity index (χ1v) is 8.83. The van der Waals surface area contributed by atoms with E-state index >= 15 is 0 Å². The molecule has 0 spiro atoms. The van der Waals surface area contributed by atoms with Gasteiger partial charge in [-0.1, -0.05) is 24.3 Å². The Labute approximate surface area is 163 Å². The van der Waals surface area contributed by atoms with Crippen molar-refractivity contribution in [3.8, 4) is 23.0 Å². The summed E-state index contributed by atoms with van der Waals surface area (Å²) >= 11 is 0. The molecular weight excluding hydrogens is 358 g/mol. The summed E-state index contributed by atoms with van der Waals surface area (Å²) in [5.74, 6) is 1.35. The third-order valence-electron chi connectivity index (χ3n) is 4.08. The van der Waals surface area contributed by atoms with Crippen LogP contribution in [0.15, 0.2) is 67.0 Å². The van der Waals surface area contributed by atoms with Crippen molar-refractivity contribution < 1.29 is 24.1 Å². The average molecular weight is 379 g/mol. The summed E-state index contributed by atoms with van der Waals surface area (Å²) in [6.45, 7) is 0.114. The van der Waals surface area contributed by atoms with E-state index in [0.717, 1.165) is 11.1 Å². The standard InChI is InChI=1S/C22H21NO5/c1-26-21-10-8-16(13-19(21)24)9-11-22(25)27-15-17-5-2-3-7-20(17)28-18-6-4-12-23-14-18/h2-8,10,12-14,24H,9,11,15H2,1H3. The second-order valence-electron chi connectivity index (χ2n) is 6.07. The van der Waals surface area contributed by atoms with Crippen molar-refractivity contribution in [3.63, 3.8) is 0 Å². The second kappa shape index (κ2) is 9.41. The number of methoxy groups -OCH3 is 1. The van der Waals surface area contributed by atoms with Gasteiger partial charge >= 0.3 is 5.97 Å². The fourth-order valence-electron chi connectivity index (χ4n) is 2.62. The Hall–Kier alpha value is -3.54. The highest BCUT2D eigenvalue weighted by Gasteiger charge is 2.10. The molecule has 0 amide bonds. The Balaban J connectivity index is 1.54. The molecule has 28 heavy (non-hydrogen) atoms. The first kappa shape index (κ1) is 19.2. The monoisotopic (exact) mass is 379 g/mol. The number of hydrogen-bond acceptors (Lipinski definition) is 6. The van der Waals surface area contributed by atoms with Gasteiger partial charge in [-0.05, 0) is 42.3 Å². The van der Waals surface area contributed by atoms with Crippen LogP contribution in [0.5, 0.6) is 23.0 Å². The minimum Gasteiger partial charge on any atom is -0.504 e. The molecule has 6 nitrogen and oxygen atoms in total. The van der Waals surface area contributed by atoms with Crippen molar-refractivity contribution in [1.29, 1.82) is 0 Å². The number of nitrogens with zero attached hydrogens (tertiary/aromatic N) is 1. The molecule has 2 aromatic carbocycles. The molecule has 1 aromatic heterocycles. The van der Waals surface area contributed by atoms with Crippen LogP contribution in [0.2, 0.25) is 0 Å². The summed E-state index contributed by atoms with van der Waals surface area (Å²) in [7, 11) is 1.49. The molecule has 1 N–H and O–H groups in total.